The number of unbranched alkanes of at least 4 members (excludes halogenated alkanes) is 1. The van der Waals surface area contributed by atoms with Crippen LogP contribution >= 0.6 is 0 Å². The number of aliphatic imine (C=N–C) groups is 1. The summed E-state index contributed by atoms with van der Waals surface area (Å²) < 4.78 is 16.2. The summed E-state index contributed by atoms with van der Waals surface area (Å²) in [4.78, 5) is 4.59. The molecular weight excluding hydrogens is 318 g/mol. The molecule has 0 spiro atoms. The molecular formula is C19H33N3O3. The maximum absolute atomic E-state index is 5.55. The largest absolute Gasteiger partial charge is 0.497 e. The smallest absolute Gasteiger partial charge is 0.191 e. The Morgan fingerprint density at radius 3 is 2.56 bits per heavy atom. The summed E-state index contributed by atoms with van der Waals surface area (Å²) in [5.74, 6) is 1.63. The zero-order chi connectivity index (χ0) is 18.2. The van der Waals surface area contributed by atoms with E-state index in [1.165, 1.54) is 0 Å². The summed E-state index contributed by atoms with van der Waals surface area (Å²) in [6, 6.07) is 7.94. The van der Waals surface area contributed by atoms with Crippen LogP contribution in [-0.4, -0.2) is 52.6 Å². The first-order chi connectivity index (χ1) is 12.3. The fourth-order valence-electron chi connectivity index (χ4n) is 2.09. The van der Waals surface area contributed by atoms with Crippen LogP contribution < -0.4 is 15.4 Å². The lowest BCUT2D eigenvalue weighted by atomic mass is 10.2. The first-order valence-corrected chi connectivity index (χ1v) is 9.10. The van der Waals surface area contributed by atoms with E-state index in [2.05, 4.69) is 22.5 Å². The van der Waals surface area contributed by atoms with Gasteiger partial charge in [0.1, 0.15) is 5.75 Å². The topological polar surface area (TPSA) is 64.1 Å². The van der Waals surface area contributed by atoms with Crippen molar-refractivity contribution in [3.05, 3.63) is 29.8 Å². The summed E-state index contributed by atoms with van der Waals surface area (Å²) in [7, 11) is 1.67. The van der Waals surface area contributed by atoms with Gasteiger partial charge in [-0.2, -0.15) is 0 Å². The Bertz CT molecular complexity index is 481. The number of hydrogen-bond acceptors (Lipinski definition) is 4. The van der Waals surface area contributed by atoms with Crippen molar-refractivity contribution in [1.82, 2.24) is 10.6 Å². The minimum Gasteiger partial charge on any atom is -0.497 e. The number of rotatable bonds is 13. The number of guanidine groups is 1. The average Bonchev–Trinajstić information content (AvgIpc) is 2.64. The van der Waals surface area contributed by atoms with Gasteiger partial charge < -0.3 is 24.8 Å². The summed E-state index contributed by atoms with van der Waals surface area (Å²) in [6.07, 6.45) is 2.27. The molecule has 6 heteroatoms. The van der Waals surface area contributed by atoms with Crippen molar-refractivity contribution in [2.75, 3.05) is 46.6 Å². The van der Waals surface area contributed by atoms with E-state index in [0.717, 1.165) is 43.3 Å². The van der Waals surface area contributed by atoms with Crippen molar-refractivity contribution < 1.29 is 14.2 Å². The standard InChI is InChI=1S/C19H33N3O3/c1-4-6-11-24-13-14-25-12-10-21-19(20-5-2)22-16-17-8-7-9-18(15-17)23-3/h7-9,15H,4-6,10-14,16H2,1-3H3,(H2,20,21,22). The van der Waals surface area contributed by atoms with Gasteiger partial charge in [0.15, 0.2) is 5.96 Å². The molecule has 0 aliphatic rings. The normalized spacial score (nSPS) is 11.4. The van der Waals surface area contributed by atoms with Crippen LogP contribution in [0.15, 0.2) is 29.3 Å². The van der Waals surface area contributed by atoms with Gasteiger partial charge in [-0.3, -0.25) is 0 Å². The highest BCUT2D eigenvalue weighted by Gasteiger charge is 1.99. The van der Waals surface area contributed by atoms with Gasteiger partial charge >= 0.3 is 0 Å². The van der Waals surface area contributed by atoms with E-state index < -0.39 is 0 Å². The van der Waals surface area contributed by atoms with E-state index in [1.807, 2.05) is 31.2 Å². The van der Waals surface area contributed by atoms with Crippen molar-refractivity contribution in [2.24, 2.45) is 4.99 Å². The Labute approximate surface area is 152 Å². The van der Waals surface area contributed by atoms with Gasteiger partial charge in [-0.25, -0.2) is 4.99 Å². The first-order valence-electron chi connectivity index (χ1n) is 9.10. The number of methoxy groups -OCH3 is 1. The highest BCUT2D eigenvalue weighted by molar-refractivity contribution is 5.79. The molecule has 0 saturated carbocycles. The van der Waals surface area contributed by atoms with Crippen molar-refractivity contribution in [2.45, 2.75) is 33.2 Å². The van der Waals surface area contributed by atoms with Crippen LogP contribution in [0.2, 0.25) is 0 Å². The Kier molecular flexibility index (Phi) is 12.4. The number of hydrogen-bond donors (Lipinski definition) is 2. The minimum atomic E-state index is 0.596. The van der Waals surface area contributed by atoms with E-state index in [1.54, 1.807) is 7.11 Å². The lowest BCUT2D eigenvalue weighted by molar-refractivity contribution is 0.0487. The molecule has 0 radical (unpaired) electrons. The first kappa shape index (κ1) is 21.3. The van der Waals surface area contributed by atoms with Gasteiger partial charge in [0, 0.05) is 19.7 Å². The predicted octanol–water partition coefficient (Wildman–Crippen LogP) is 2.58. The molecule has 0 fully saturated rings. The molecule has 0 saturated heterocycles. The molecule has 25 heavy (non-hydrogen) atoms. The predicted molar refractivity (Wildman–Crippen MR) is 102 cm³/mol. The lowest BCUT2D eigenvalue weighted by Crippen LogP contribution is -2.39. The van der Waals surface area contributed by atoms with E-state index >= 15 is 0 Å². The highest BCUT2D eigenvalue weighted by Crippen LogP contribution is 2.13. The third-order valence-electron chi connectivity index (χ3n) is 3.45. The van der Waals surface area contributed by atoms with Gasteiger partial charge in [0.2, 0.25) is 0 Å². The molecule has 142 valence electrons. The molecule has 0 aliphatic carbocycles. The Morgan fingerprint density at radius 2 is 1.84 bits per heavy atom. The molecule has 2 N–H and O–H groups in total. The molecule has 6 nitrogen and oxygen atoms in total. The quantitative estimate of drug-likeness (QED) is 0.325. The third kappa shape index (κ3) is 10.6. The van der Waals surface area contributed by atoms with Crippen molar-refractivity contribution in [1.29, 1.82) is 0 Å². The maximum atomic E-state index is 5.55. The molecule has 0 aromatic heterocycles. The second-order valence-corrected chi connectivity index (χ2v) is 5.55. The van der Waals surface area contributed by atoms with E-state index in [-0.39, 0.29) is 0 Å². The zero-order valence-corrected chi connectivity index (χ0v) is 15.8. The maximum Gasteiger partial charge on any atom is 0.191 e. The fourth-order valence-corrected chi connectivity index (χ4v) is 2.09. The molecule has 1 rings (SSSR count). The molecule has 0 unspecified atom stereocenters. The van der Waals surface area contributed by atoms with E-state index in [9.17, 15) is 0 Å². The van der Waals surface area contributed by atoms with Crippen LogP contribution in [-0.2, 0) is 16.0 Å². The van der Waals surface area contributed by atoms with E-state index in [4.69, 9.17) is 14.2 Å². The van der Waals surface area contributed by atoms with Gasteiger partial charge in [-0.15, -0.1) is 0 Å². The van der Waals surface area contributed by atoms with Gasteiger partial charge in [-0.05, 0) is 31.0 Å². The number of nitrogens with zero attached hydrogens (tertiary/aromatic N) is 1. The molecule has 0 aliphatic heterocycles. The summed E-state index contributed by atoms with van der Waals surface area (Å²) in [5, 5.41) is 6.51. The zero-order valence-electron chi connectivity index (χ0n) is 15.8. The Balaban J connectivity index is 2.24. The SMILES string of the molecule is CCCCOCCOCCNC(=NCc1cccc(OC)c1)NCC. The summed E-state index contributed by atoms with van der Waals surface area (Å²) >= 11 is 0. The Morgan fingerprint density at radius 1 is 1.04 bits per heavy atom. The average molecular weight is 351 g/mol. The van der Waals surface area contributed by atoms with Crippen LogP contribution in [0, 0.1) is 0 Å². The molecule has 1 aromatic carbocycles. The third-order valence-corrected chi connectivity index (χ3v) is 3.45. The van der Waals surface area contributed by atoms with Crippen molar-refractivity contribution in [3.8, 4) is 5.75 Å². The van der Waals surface area contributed by atoms with Crippen LogP contribution in [0.25, 0.3) is 0 Å². The van der Waals surface area contributed by atoms with Crippen LogP contribution in [0.3, 0.4) is 0 Å². The molecule has 0 bridgehead atoms. The van der Waals surface area contributed by atoms with Crippen molar-refractivity contribution >= 4 is 5.96 Å². The van der Waals surface area contributed by atoms with Crippen LogP contribution in [0.1, 0.15) is 32.3 Å². The van der Waals surface area contributed by atoms with Crippen molar-refractivity contribution in [3.63, 3.8) is 0 Å². The van der Waals surface area contributed by atoms with Gasteiger partial charge in [0.05, 0.1) is 33.5 Å². The summed E-state index contributed by atoms with van der Waals surface area (Å²) in [6.45, 7) is 9.05. The van der Waals surface area contributed by atoms with E-state index in [0.29, 0.717) is 32.9 Å². The summed E-state index contributed by atoms with van der Waals surface area (Å²) in [5.41, 5.74) is 1.11. The van der Waals surface area contributed by atoms with Crippen LogP contribution in [0.5, 0.6) is 5.75 Å². The Hall–Kier alpha value is -1.79. The molecule has 1 aromatic rings. The fraction of sp³-hybridized carbons (Fsp3) is 0.632. The molecule has 0 atom stereocenters. The number of nitrogens with one attached hydrogen (secondary N) is 2. The molecule has 0 amide bonds. The monoisotopic (exact) mass is 351 g/mol. The minimum absolute atomic E-state index is 0.596. The highest BCUT2D eigenvalue weighted by atomic mass is 16.5. The second kappa shape index (κ2) is 14.5. The second-order valence-electron chi connectivity index (χ2n) is 5.55. The lowest BCUT2D eigenvalue weighted by Gasteiger charge is -2.12. The number of benzene rings is 1. The number of ether oxygens (including phenoxy) is 3. The van der Waals surface area contributed by atoms with Gasteiger partial charge in [-0.1, -0.05) is 25.5 Å². The van der Waals surface area contributed by atoms with Crippen LogP contribution in [0.4, 0.5) is 0 Å². The van der Waals surface area contributed by atoms with Gasteiger partial charge in [0.25, 0.3) is 0 Å². The molecule has 0 heterocycles.